The maximum Gasteiger partial charge on any atom is 0.358 e. The van der Waals surface area contributed by atoms with Crippen molar-refractivity contribution in [2.75, 3.05) is 13.2 Å². The Bertz CT molecular complexity index is 779. The van der Waals surface area contributed by atoms with Crippen LogP contribution >= 0.6 is 0 Å². The van der Waals surface area contributed by atoms with Crippen LogP contribution in [0.3, 0.4) is 0 Å². The first-order valence-corrected chi connectivity index (χ1v) is 10.1. The Morgan fingerprint density at radius 1 is 1.18 bits per heavy atom. The summed E-state index contributed by atoms with van der Waals surface area (Å²) in [7, 11) is 0. The molecular weight excluding hydrogens is 354 g/mol. The van der Waals surface area contributed by atoms with E-state index in [1.165, 1.54) is 0 Å². The SMILES string of the molecule is CCCCNC(=O)c1ccc(-n2nc(C(=O)OCC)cc2CCC(C)C)cc1. The zero-order valence-corrected chi connectivity index (χ0v) is 17.3. The molecule has 0 aliphatic heterocycles. The summed E-state index contributed by atoms with van der Waals surface area (Å²) in [5.41, 5.74) is 2.69. The zero-order chi connectivity index (χ0) is 20.5. The largest absolute Gasteiger partial charge is 0.461 e. The van der Waals surface area contributed by atoms with Gasteiger partial charge < -0.3 is 10.1 Å². The molecule has 0 aliphatic rings. The second kappa shape index (κ2) is 10.6. The van der Waals surface area contributed by atoms with Gasteiger partial charge in [-0.15, -0.1) is 0 Å². The second-order valence-corrected chi connectivity index (χ2v) is 7.24. The Hall–Kier alpha value is -2.63. The van der Waals surface area contributed by atoms with E-state index in [-0.39, 0.29) is 5.91 Å². The van der Waals surface area contributed by atoms with Crippen LogP contribution in [0.4, 0.5) is 0 Å². The van der Waals surface area contributed by atoms with Crippen LogP contribution in [0.2, 0.25) is 0 Å². The lowest BCUT2D eigenvalue weighted by molar-refractivity contribution is 0.0518. The molecule has 0 aliphatic carbocycles. The van der Waals surface area contributed by atoms with E-state index in [9.17, 15) is 9.59 Å². The highest BCUT2D eigenvalue weighted by atomic mass is 16.5. The first-order valence-electron chi connectivity index (χ1n) is 10.1. The number of nitrogens with zero attached hydrogens (tertiary/aromatic N) is 2. The van der Waals surface area contributed by atoms with Crippen molar-refractivity contribution in [1.82, 2.24) is 15.1 Å². The Morgan fingerprint density at radius 2 is 1.89 bits per heavy atom. The number of rotatable bonds is 10. The Balaban J connectivity index is 2.23. The lowest BCUT2D eigenvalue weighted by atomic mass is 10.1. The summed E-state index contributed by atoms with van der Waals surface area (Å²) >= 11 is 0. The fraction of sp³-hybridized carbons (Fsp3) is 0.500. The fourth-order valence-corrected chi connectivity index (χ4v) is 2.80. The van der Waals surface area contributed by atoms with Crippen molar-refractivity contribution in [1.29, 1.82) is 0 Å². The van der Waals surface area contributed by atoms with Gasteiger partial charge in [-0.25, -0.2) is 9.48 Å². The van der Waals surface area contributed by atoms with Gasteiger partial charge in [0.15, 0.2) is 5.69 Å². The summed E-state index contributed by atoms with van der Waals surface area (Å²) in [6, 6.07) is 9.08. The van der Waals surface area contributed by atoms with Crippen LogP contribution in [0.25, 0.3) is 5.69 Å². The average molecular weight is 386 g/mol. The van der Waals surface area contributed by atoms with E-state index in [4.69, 9.17) is 4.74 Å². The predicted molar refractivity (Wildman–Crippen MR) is 110 cm³/mol. The van der Waals surface area contributed by atoms with Gasteiger partial charge in [0.05, 0.1) is 12.3 Å². The van der Waals surface area contributed by atoms with Crippen LogP contribution in [-0.4, -0.2) is 34.8 Å². The van der Waals surface area contributed by atoms with Crippen LogP contribution in [-0.2, 0) is 11.2 Å². The molecule has 0 spiro atoms. The number of esters is 1. The molecule has 0 saturated carbocycles. The van der Waals surface area contributed by atoms with Gasteiger partial charge >= 0.3 is 5.97 Å². The van der Waals surface area contributed by atoms with Gasteiger partial charge in [-0.05, 0) is 62.4 Å². The van der Waals surface area contributed by atoms with Gasteiger partial charge in [0.1, 0.15) is 0 Å². The van der Waals surface area contributed by atoms with E-state index < -0.39 is 5.97 Å². The first kappa shape index (κ1) is 21.7. The number of ether oxygens (including phenoxy) is 1. The van der Waals surface area contributed by atoms with Gasteiger partial charge in [-0.1, -0.05) is 27.2 Å². The molecule has 1 aromatic heterocycles. The van der Waals surface area contributed by atoms with Crippen LogP contribution < -0.4 is 5.32 Å². The zero-order valence-electron chi connectivity index (χ0n) is 17.3. The van der Waals surface area contributed by atoms with Crippen molar-refractivity contribution in [3.8, 4) is 5.69 Å². The van der Waals surface area contributed by atoms with Gasteiger partial charge in [-0.2, -0.15) is 5.10 Å². The molecule has 0 atom stereocenters. The summed E-state index contributed by atoms with van der Waals surface area (Å²) in [5.74, 6) is 0.0512. The van der Waals surface area contributed by atoms with E-state index in [2.05, 4.69) is 31.2 Å². The third kappa shape index (κ3) is 5.94. The minimum Gasteiger partial charge on any atom is -0.461 e. The van der Waals surface area contributed by atoms with Crippen molar-refractivity contribution in [2.45, 2.75) is 53.4 Å². The molecule has 1 aromatic carbocycles. The fourth-order valence-electron chi connectivity index (χ4n) is 2.80. The molecule has 1 amide bonds. The summed E-state index contributed by atoms with van der Waals surface area (Å²) < 4.78 is 6.86. The third-order valence-corrected chi connectivity index (χ3v) is 4.44. The van der Waals surface area contributed by atoms with Gasteiger partial charge in [0.2, 0.25) is 0 Å². The second-order valence-electron chi connectivity index (χ2n) is 7.24. The monoisotopic (exact) mass is 385 g/mol. The molecule has 0 radical (unpaired) electrons. The Kier molecular flexibility index (Phi) is 8.23. The molecule has 0 bridgehead atoms. The number of hydrogen-bond donors (Lipinski definition) is 1. The van der Waals surface area contributed by atoms with E-state index in [0.29, 0.717) is 30.3 Å². The molecule has 1 N–H and O–H groups in total. The first-order chi connectivity index (χ1) is 13.5. The molecule has 6 nitrogen and oxygen atoms in total. The standard InChI is InChI=1S/C22H31N3O3/c1-5-7-14-23-21(26)17-9-12-18(13-10-17)25-19(11-8-16(3)4)15-20(24-25)22(27)28-6-2/h9-10,12-13,15-16H,5-8,11,14H2,1-4H3,(H,23,26). The summed E-state index contributed by atoms with van der Waals surface area (Å²) in [6.07, 6.45) is 3.81. The van der Waals surface area contributed by atoms with Crippen molar-refractivity contribution < 1.29 is 14.3 Å². The van der Waals surface area contributed by atoms with E-state index in [1.807, 2.05) is 12.1 Å². The molecule has 2 rings (SSSR count). The molecule has 0 saturated heterocycles. The van der Waals surface area contributed by atoms with Crippen LogP contribution in [0.15, 0.2) is 30.3 Å². The van der Waals surface area contributed by atoms with E-state index in [0.717, 1.165) is 37.1 Å². The Labute approximate surface area is 167 Å². The average Bonchev–Trinajstić information content (AvgIpc) is 3.11. The van der Waals surface area contributed by atoms with Gasteiger partial charge in [0, 0.05) is 17.8 Å². The summed E-state index contributed by atoms with van der Waals surface area (Å²) in [5, 5.41) is 7.37. The lowest BCUT2D eigenvalue weighted by Gasteiger charge is -2.10. The molecule has 2 aromatic rings. The minimum absolute atomic E-state index is 0.0762. The lowest BCUT2D eigenvalue weighted by Crippen LogP contribution is -2.24. The molecule has 0 fully saturated rings. The quantitative estimate of drug-likeness (QED) is 0.492. The van der Waals surface area contributed by atoms with E-state index >= 15 is 0 Å². The third-order valence-electron chi connectivity index (χ3n) is 4.44. The van der Waals surface area contributed by atoms with Gasteiger partial charge in [0.25, 0.3) is 5.91 Å². The normalized spacial score (nSPS) is 10.9. The molecule has 6 heteroatoms. The number of amides is 1. The number of unbranched alkanes of at least 4 members (excludes halogenated alkanes) is 1. The molecular formula is C22H31N3O3. The van der Waals surface area contributed by atoms with Crippen molar-refractivity contribution in [2.24, 2.45) is 5.92 Å². The number of aromatic nitrogens is 2. The molecule has 0 unspecified atom stereocenters. The number of aryl methyl sites for hydroxylation is 1. The predicted octanol–water partition coefficient (Wildman–Crippen LogP) is 4.17. The molecule has 1 heterocycles. The van der Waals surface area contributed by atoms with E-state index in [1.54, 1.807) is 29.8 Å². The molecule has 28 heavy (non-hydrogen) atoms. The highest BCUT2D eigenvalue weighted by molar-refractivity contribution is 5.94. The topological polar surface area (TPSA) is 73.2 Å². The number of carbonyl (C=O) groups is 2. The van der Waals surface area contributed by atoms with Crippen LogP contribution in [0.5, 0.6) is 0 Å². The van der Waals surface area contributed by atoms with Crippen molar-refractivity contribution in [3.63, 3.8) is 0 Å². The number of benzene rings is 1. The van der Waals surface area contributed by atoms with Crippen molar-refractivity contribution in [3.05, 3.63) is 47.3 Å². The minimum atomic E-state index is -0.418. The van der Waals surface area contributed by atoms with Crippen LogP contribution in [0, 0.1) is 5.92 Å². The number of nitrogens with one attached hydrogen (secondary N) is 1. The smallest absolute Gasteiger partial charge is 0.358 e. The van der Waals surface area contributed by atoms with Gasteiger partial charge in [-0.3, -0.25) is 4.79 Å². The molecule has 152 valence electrons. The Morgan fingerprint density at radius 3 is 2.50 bits per heavy atom. The highest BCUT2D eigenvalue weighted by Gasteiger charge is 2.17. The number of carbonyl (C=O) groups excluding carboxylic acids is 2. The number of hydrogen-bond acceptors (Lipinski definition) is 4. The maximum absolute atomic E-state index is 12.2. The van der Waals surface area contributed by atoms with Crippen molar-refractivity contribution >= 4 is 11.9 Å². The highest BCUT2D eigenvalue weighted by Crippen LogP contribution is 2.18. The summed E-state index contributed by atoms with van der Waals surface area (Å²) in [4.78, 5) is 24.3. The summed E-state index contributed by atoms with van der Waals surface area (Å²) in [6.45, 7) is 9.19. The van der Waals surface area contributed by atoms with Crippen LogP contribution in [0.1, 0.15) is 73.5 Å². The maximum atomic E-state index is 12.2.